The number of aliphatic carboxylic acids is 4. The van der Waals surface area contributed by atoms with Crippen LogP contribution in [0.25, 0.3) is 0 Å². The standard InChI is InChI=1S/2C6H14N4O2.2C6H13NO2/c2*7-4(5(11)12)2-1-3-10-6(8)9;2*7-5-3-1-2-4-6(8)9/h2*4H,1-3,7H2,(H,11,12)(H4,8,9,10);2*1-5,7H2,(H,8,9). The Morgan fingerprint density at radius 1 is 0.571 bits per heavy atom. The number of carboxylic acids is 4. The minimum atomic E-state index is -1.00. The molecule has 0 aromatic rings. The summed E-state index contributed by atoms with van der Waals surface area (Å²) in [6.07, 6.45) is 7.76. The summed E-state index contributed by atoms with van der Waals surface area (Å²) in [6.45, 7) is 2.30. The number of nitrogens with one attached hydrogen (secondary N) is 4. The van der Waals surface area contributed by atoms with Gasteiger partial charge in [0.05, 0.1) is 0 Å². The van der Waals surface area contributed by atoms with Crippen molar-refractivity contribution in [2.75, 3.05) is 26.2 Å². The van der Waals surface area contributed by atoms with Crippen molar-refractivity contribution in [3.8, 4) is 0 Å². The number of nitrogens with two attached hydrogens (primary N) is 6. The van der Waals surface area contributed by atoms with Gasteiger partial charge in [0.25, 0.3) is 0 Å². The fraction of sp³-hybridized carbons (Fsp3) is 0.750. The summed E-state index contributed by atoms with van der Waals surface area (Å²) in [5.41, 5.74) is 30.8. The second-order valence-electron chi connectivity index (χ2n) is 8.84. The van der Waals surface area contributed by atoms with E-state index >= 15 is 0 Å². The highest BCUT2D eigenvalue weighted by atomic mass is 16.4. The Balaban J connectivity index is -0.000000231. The van der Waals surface area contributed by atoms with E-state index in [1.807, 2.05) is 0 Å². The first-order valence-electron chi connectivity index (χ1n) is 13.6. The summed E-state index contributed by atoms with van der Waals surface area (Å²) < 4.78 is 0. The zero-order chi connectivity index (χ0) is 33.3. The average Bonchev–Trinajstić information content (AvgIpc) is 2.90. The van der Waals surface area contributed by atoms with Crippen molar-refractivity contribution in [2.24, 2.45) is 34.4 Å². The van der Waals surface area contributed by atoms with Crippen LogP contribution >= 0.6 is 0 Å². The highest BCUT2D eigenvalue weighted by molar-refractivity contribution is 5.75. The molecule has 42 heavy (non-hydrogen) atoms. The highest BCUT2D eigenvalue weighted by Crippen LogP contribution is 1.98. The lowest BCUT2D eigenvalue weighted by Crippen LogP contribution is -2.34. The van der Waals surface area contributed by atoms with Gasteiger partial charge in [0.2, 0.25) is 0 Å². The Hall–Kier alpha value is -3.74. The number of unbranched alkanes of at least 4 members (excludes halogenated alkanes) is 4. The summed E-state index contributed by atoms with van der Waals surface area (Å²) >= 11 is 0. The van der Waals surface area contributed by atoms with Gasteiger partial charge in [-0.15, -0.1) is 0 Å². The monoisotopic (exact) mass is 610 g/mol. The molecular formula is C24H54N10O8. The van der Waals surface area contributed by atoms with Gasteiger partial charge in [0.1, 0.15) is 12.1 Å². The molecule has 0 aromatic heterocycles. The van der Waals surface area contributed by atoms with Crippen LogP contribution < -0.4 is 45.0 Å². The maximum absolute atomic E-state index is 10.2. The molecule has 0 heterocycles. The Morgan fingerprint density at radius 2 is 0.881 bits per heavy atom. The van der Waals surface area contributed by atoms with Crippen LogP contribution in [0.1, 0.15) is 77.0 Å². The lowest BCUT2D eigenvalue weighted by Gasteiger charge is -2.06. The molecule has 18 heteroatoms. The van der Waals surface area contributed by atoms with Crippen molar-refractivity contribution in [2.45, 2.75) is 89.1 Å². The van der Waals surface area contributed by atoms with Crippen LogP contribution in [0.5, 0.6) is 0 Å². The van der Waals surface area contributed by atoms with Crippen molar-refractivity contribution in [1.82, 2.24) is 10.6 Å². The Bertz CT molecular complexity index is 684. The normalized spacial score (nSPS) is 11.0. The van der Waals surface area contributed by atoms with Crippen LogP contribution in [0, 0.1) is 10.8 Å². The van der Waals surface area contributed by atoms with Crippen LogP contribution in [0.2, 0.25) is 0 Å². The van der Waals surface area contributed by atoms with Gasteiger partial charge in [-0.2, -0.15) is 0 Å². The third-order valence-electron chi connectivity index (χ3n) is 4.84. The van der Waals surface area contributed by atoms with E-state index in [1.54, 1.807) is 0 Å². The van der Waals surface area contributed by atoms with Crippen molar-refractivity contribution in [3.05, 3.63) is 0 Å². The van der Waals surface area contributed by atoms with Crippen LogP contribution in [0.4, 0.5) is 0 Å². The molecular weight excluding hydrogens is 556 g/mol. The zero-order valence-electron chi connectivity index (χ0n) is 24.4. The fourth-order valence-corrected chi connectivity index (χ4v) is 2.53. The summed E-state index contributed by atoms with van der Waals surface area (Å²) in [5, 5.41) is 51.8. The molecule has 0 saturated heterocycles. The van der Waals surface area contributed by atoms with E-state index in [9.17, 15) is 19.2 Å². The van der Waals surface area contributed by atoms with Gasteiger partial charge >= 0.3 is 23.9 Å². The Morgan fingerprint density at radius 3 is 1.10 bits per heavy atom. The smallest absolute Gasteiger partial charge is 0.320 e. The van der Waals surface area contributed by atoms with Gasteiger partial charge in [0.15, 0.2) is 11.9 Å². The van der Waals surface area contributed by atoms with Crippen molar-refractivity contribution < 1.29 is 39.6 Å². The maximum Gasteiger partial charge on any atom is 0.320 e. The lowest BCUT2D eigenvalue weighted by molar-refractivity contribution is -0.139. The molecule has 2 unspecified atom stereocenters. The van der Waals surface area contributed by atoms with E-state index in [4.69, 9.17) is 65.6 Å². The number of guanidine groups is 2. The maximum atomic E-state index is 10.2. The molecule has 248 valence electrons. The minimum Gasteiger partial charge on any atom is -0.481 e. The van der Waals surface area contributed by atoms with Crippen molar-refractivity contribution in [1.29, 1.82) is 10.8 Å². The number of carbonyl (C=O) groups is 4. The molecule has 0 fully saturated rings. The first-order chi connectivity index (χ1) is 19.6. The van der Waals surface area contributed by atoms with Gasteiger partial charge in [0, 0.05) is 25.9 Å². The van der Waals surface area contributed by atoms with Gasteiger partial charge < -0.3 is 65.5 Å². The minimum absolute atomic E-state index is 0.112. The van der Waals surface area contributed by atoms with E-state index in [0.29, 0.717) is 51.9 Å². The summed E-state index contributed by atoms with van der Waals surface area (Å²) in [4.78, 5) is 40.3. The molecule has 0 aromatic carbocycles. The number of carboxylic acid groups (broad SMARTS) is 4. The number of hydrogen-bond donors (Lipinski definition) is 14. The molecule has 0 radical (unpaired) electrons. The summed E-state index contributed by atoms with van der Waals surface area (Å²) in [7, 11) is 0. The predicted molar refractivity (Wildman–Crippen MR) is 160 cm³/mol. The molecule has 0 spiro atoms. The van der Waals surface area contributed by atoms with Crippen molar-refractivity contribution >= 4 is 35.8 Å². The van der Waals surface area contributed by atoms with Gasteiger partial charge in [-0.3, -0.25) is 30.0 Å². The number of hydrogen-bond acceptors (Lipinski definition) is 10. The van der Waals surface area contributed by atoms with Gasteiger partial charge in [-0.25, -0.2) is 0 Å². The first-order valence-corrected chi connectivity index (χ1v) is 13.6. The van der Waals surface area contributed by atoms with E-state index in [-0.39, 0.29) is 24.8 Å². The van der Waals surface area contributed by atoms with Crippen LogP contribution in [0.3, 0.4) is 0 Å². The quantitative estimate of drug-likeness (QED) is 0.0423. The predicted octanol–water partition coefficient (Wildman–Crippen LogP) is -1.50. The van der Waals surface area contributed by atoms with E-state index < -0.39 is 36.0 Å². The van der Waals surface area contributed by atoms with E-state index in [2.05, 4.69) is 10.6 Å². The van der Waals surface area contributed by atoms with Crippen LogP contribution in [-0.2, 0) is 19.2 Å². The first kappa shape index (κ1) is 45.3. The Kier molecular flexibility index (Phi) is 36.1. The zero-order valence-corrected chi connectivity index (χ0v) is 24.4. The highest BCUT2D eigenvalue weighted by Gasteiger charge is 2.10. The van der Waals surface area contributed by atoms with Crippen LogP contribution in [-0.4, -0.2) is 94.5 Å². The van der Waals surface area contributed by atoms with Crippen molar-refractivity contribution in [3.63, 3.8) is 0 Å². The molecule has 0 saturated carbocycles. The third-order valence-corrected chi connectivity index (χ3v) is 4.84. The molecule has 0 aliphatic heterocycles. The molecule has 18 nitrogen and oxygen atoms in total. The van der Waals surface area contributed by atoms with Crippen LogP contribution in [0.15, 0.2) is 0 Å². The average molecular weight is 611 g/mol. The molecule has 2 atom stereocenters. The SMILES string of the molecule is N=C(N)NCCCC(N)C(=O)O.N=C(N)NCCCC(N)C(=O)O.NCCCCCC(=O)O.NCCCCCC(=O)O. The Labute approximate surface area is 246 Å². The topological polar surface area (TPSA) is 377 Å². The second kappa shape index (κ2) is 33.5. The second-order valence-corrected chi connectivity index (χ2v) is 8.84. The van der Waals surface area contributed by atoms with E-state index in [0.717, 1.165) is 38.5 Å². The third kappa shape index (κ3) is 49.2. The molecule has 0 aliphatic rings. The molecule has 0 aliphatic carbocycles. The molecule has 0 rings (SSSR count). The summed E-state index contributed by atoms with van der Waals surface area (Å²) in [5.74, 6) is -3.66. The molecule has 0 amide bonds. The fourth-order valence-electron chi connectivity index (χ4n) is 2.53. The lowest BCUT2D eigenvalue weighted by atomic mass is 10.2. The summed E-state index contributed by atoms with van der Waals surface area (Å²) in [6, 6.07) is -1.64. The van der Waals surface area contributed by atoms with Gasteiger partial charge in [-0.05, 0) is 64.5 Å². The number of rotatable bonds is 20. The largest absolute Gasteiger partial charge is 0.481 e. The molecule has 0 bridgehead atoms. The molecule has 20 N–H and O–H groups in total. The van der Waals surface area contributed by atoms with E-state index in [1.165, 1.54) is 0 Å². The van der Waals surface area contributed by atoms with Gasteiger partial charge in [-0.1, -0.05) is 12.8 Å².